The van der Waals surface area contributed by atoms with Gasteiger partial charge in [0.2, 0.25) is 0 Å². The molecule has 0 radical (unpaired) electrons. The predicted octanol–water partition coefficient (Wildman–Crippen LogP) is 5.96. The molecule has 1 fully saturated rings. The summed E-state index contributed by atoms with van der Waals surface area (Å²) in [6.45, 7) is 5.92. The molecule has 5 rings (SSSR count). The zero-order valence-corrected chi connectivity index (χ0v) is 22.8. The molecule has 0 bridgehead atoms. The van der Waals surface area contributed by atoms with Gasteiger partial charge in [0.05, 0.1) is 41.4 Å². The maximum atomic E-state index is 14.5. The van der Waals surface area contributed by atoms with Gasteiger partial charge >= 0.3 is 0 Å². The number of rotatable bonds is 9. The molecule has 2 aliphatic rings. The van der Waals surface area contributed by atoms with E-state index in [9.17, 15) is 9.18 Å². The Kier molecular flexibility index (Phi) is 8.30. The number of aldehydes is 1. The number of nitrogens with zero attached hydrogens (tertiary/aromatic N) is 4. The third-order valence-electron chi connectivity index (χ3n) is 7.60. The van der Waals surface area contributed by atoms with Crippen LogP contribution in [-0.2, 0) is 4.79 Å². The van der Waals surface area contributed by atoms with Crippen molar-refractivity contribution in [2.45, 2.75) is 45.3 Å². The van der Waals surface area contributed by atoms with Gasteiger partial charge in [0.1, 0.15) is 29.7 Å². The lowest BCUT2D eigenvalue weighted by molar-refractivity contribution is -0.108. The molecule has 1 saturated heterocycles. The monoisotopic (exact) mass is 540 g/mol. The summed E-state index contributed by atoms with van der Waals surface area (Å²) in [6, 6.07) is 22.1. The van der Waals surface area contributed by atoms with Crippen LogP contribution in [0.3, 0.4) is 0 Å². The van der Waals surface area contributed by atoms with Crippen molar-refractivity contribution in [3.05, 3.63) is 83.7 Å². The summed E-state index contributed by atoms with van der Waals surface area (Å²) in [5, 5.41) is 15.9. The van der Waals surface area contributed by atoms with Crippen molar-refractivity contribution < 1.29 is 18.7 Å². The number of piperidine rings is 1. The van der Waals surface area contributed by atoms with Gasteiger partial charge in [0, 0.05) is 44.3 Å². The standard InChI is InChI=1S/C32H33FN4O3/c1-3-39-28-12-13-29(33)31(20-28)36-17-14-27(15-18-36)40-26-10-8-25(9-11-26)37-30(16-19-38)22(2)32(35-37)24-6-4-23(21-34)5-7-24/h4-13,19-20,22,27,30H,3,14-18H2,1-2H3/t22?,30-/m0/s1. The summed E-state index contributed by atoms with van der Waals surface area (Å²) < 4.78 is 26.3. The summed E-state index contributed by atoms with van der Waals surface area (Å²) >= 11 is 0. The van der Waals surface area contributed by atoms with Gasteiger partial charge in [0.15, 0.2) is 0 Å². The Balaban J connectivity index is 1.24. The molecule has 0 spiro atoms. The summed E-state index contributed by atoms with van der Waals surface area (Å²) in [4.78, 5) is 13.5. The van der Waals surface area contributed by atoms with Crippen LogP contribution in [0.5, 0.6) is 11.5 Å². The second-order valence-corrected chi connectivity index (χ2v) is 10.1. The molecule has 8 heteroatoms. The molecule has 0 N–H and O–H groups in total. The summed E-state index contributed by atoms with van der Waals surface area (Å²) in [5.41, 5.74) is 3.89. The molecule has 2 heterocycles. The minimum Gasteiger partial charge on any atom is -0.494 e. The number of hydrazone groups is 1. The maximum Gasteiger partial charge on any atom is 0.146 e. The maximum absolute atomic E-state index is 14.5. The Morgan fingerprint density at radius 2 is 1.75 bits per heavy atom. The fourth-order valence-corrected chi connectivity index (χ4v) is 5.44. The van der Waals surface area contributed by atoms with Crippen LogP contribution in [0.4, 0.5) is 15.8 Å². The van der Waals surface area contributed by atoms with Gasteiger partial charge in [-0.3, -0.25) is 5.01 Å². The van der Waals surface area contributed by atoms with Gasteiger partial charge in [0.25, 0.3) is 0 Å². The number of carbonyl (C=O) groups excluding carboxylic acids is 1. The lowest BCUT2D eigenvalue weighted by atomic mass is 9.91. The zero-order chi connectivity index (χ0) is 28.1. The number of hydrogen-bond acceptors (Lipinski definition) is 7. The third-order valence-corrected chi connectivity index (χ3v) is 7.60. The summed E-state index contributed by atoms with van der Waals surface area (Å²) in [7, 11) is 0. The smallest absolute Gasteiger partial charge is 0.146 e. The molecule has 0 amide bonds. The number of hydrogen-bond donors (Lipinski definition) is 0. The van der Waals surface area contributed by atoms with E-state index in [1.54, 1.807) is 24.3 Å². The first-order valence-corrected chi connectivity index (χ1v) is 13.8. The zero-order valence-electron chi connectivity index (χ0n) is 22.8. The molecule has 3 aromatic rings. The van der Waals surface area contributed by atoms with Crippen molar-refractivity contribution in [3.63, 3.8) is 0 Å². The van der Waals surface area contributed by atoms with Crippen LogP contribution in [0.1, 0.15) is 44.2 Å². The highest BCUT2D eigenvalue weighted by Crippen LogP contribution is 2.34. The largest absolute Gasteiger partial charge is 0.494 e. The van der Waals surface area contributed by atoms with E-state index in [4.69, 9.17) is 19.8 Å². The quantitative estimate of drug-likeness (QED) is 0.312. The van der Waals surface area contributed by atoms with Gasteiger partial charge < -0.3 is 19.2 Å². The van der Waals surface area contributed by atoms with Crippen molar-refractivity contribution in [2.75, 3.05) is 29.6 Å². The molecular weight excluding hydrogens is 507 g/mol. The molecule has 3 aromatic carbocycles. The van der Waals surface area contributed by atoms with E-state index in [0.717, 1.165) is 41.8 Å². The Morgan fingerprint density at radius 1 is 1.05 bits per heavy atom. The fourth-order valence-electron chi connectivity index (χ4n) is 5.44. The third kappa shape index (κ3) is 5.79. The van der Waals surface area contributed by atoms with Crippen molar-refractivity contribution in [1.82, 2.24) is 0 Å². The van der Waals surface area contributed by atoms with E-state index in [0.29, 0.717) is 43.1 Å². The van der Waals surface area contributed by atoms with E-state index in [2.05, 4.69) is 13.0 Å². The Morgan fingerprint density at radius 3 is 2.40 bits per heavy atom. The fraction of sp³-hybridized carbons (Fsp3) is 0.344. The summed E-state index contributed by atoms with van der Waals surface area (Å²) in [5.74, 6) is 1.24. The molecule has 1 unspecified atom stereocenters. The molecule has 2 aliphatic heterocycles. The van der Waals surface area contributed by atoms with E-state index >= 15 is 0 Å². The molecule has 7 nitrogen and oxygen atoms in total. The first kappa shape index (κ1) is 27.2. The van der Waals surface area contributed by atoms with Gasteiger partial charge in [-0.25, -0.2) is 4.39 Å². The van der Waals surface area contributed by atoms with Gasteiger partial charge in [-0.15, -0.1) is 0 Å². The Hall–Kier alpha value is -4.38. The molecule has 0 aromatic heterocycles. The lowest BCUT2D eigenvalue weighted by Crippen LogP contribution is -2.38. The van der Waals surface area contributed by atoms with Crippen LogP contribution in [0, 0.1) is 23.1 Å². The SMILES string of the molecule is CCOc1ccc(F)c(N2CCC(Oc3ccc(N4N=C(c5ccc(C#N)cc5)C(C)[C@@H]4CC=O)cc3)CC2)c1. The minimum atomic E-state index is -0.243. The second-order valence-electron chi connectivity index (χ2n) is 10.1. The van der Waals surface area contributed by atoms with Crippen LogP contribution in [0.25, 0.3) is 0 Å². The molecule has 206 valence electrons. The average Bonchev–Trinajstić information content (AvgIpc) is 3.31. The van der Waals surface area contributed by atoms with Crippen molar-refractivity contribution in [1.29, 1.82) is 5.26 Å². The van der Waals surface area contributed by atoms with Gasteiger partial charge in [-0.1, -0.05) is 19.1 Å². The molecular formula is C32H33FN4O3. The Bertz CT molecular complexity index is 1390. The molecule has 2 atom stereocenters. The van der Waals surface area contributed by atoms with Crippen LogP contribution in [-0.4, -0.2) is 43.8 Å². The number of anilines is 2. The van der Waals surface area contributed by atoms with Crippen LogP contribution in [0.2, 0.25) is 0 Å². The van der Waals surface area contributed by atoms with E-state index in [-0.39, 0.29) is 23.9 Å². The van der Waals surface area contributed by atoms with Crippen LogP contribution < -0.4 is 19.4 Å². The molecule has 40 heavy (non-hydrogen) atoms. The van der Waals surface area contributed by atoms with Crippen LogP contribution in [0.15, 0.2) is 71.8 Å². The van der Waals surface area contributed by atoms with Crippen molar-refractivity contribution >= 4 is 23.4 Å². The normalized spacial score (nSPS) is 19.2. The van der Waals surface area contributed by atoms with E-state index in [1.165, 1.54) is 6.07 Å². The number of ether oxygens (including phenoxy) is 2. The van der Waals surface area contributed by atoms with Crippen LogP contribution >= 0.6 is 0 Å². The predicted molar refractivity (Wildman–Crippen MR) is 154 cm³/mol. The first-order valence-electron chi connectivity index (χ1n) is 13.8. The topological polar surface area (TPSA) is 78.2 Å². The van der Waals surface area contributed by atoms with E-state index < -0.39 is 0 Å². The van der Waals surface area contributed by atoms with Gasteiger partial charge in [-0.05, 0) is 61.0 Å². The number of benzene rings is 3. The van der Waals surface area contributed by atoms with E-state index in [1.807, 2.05) is 53.2 Å². The van der Waals surface area contributed by atoms with Crippen molar-refractivity contribution in [3.8, 4) is 17.6 Å². The number of halogens is 1. The highest BCUT2D eigenvalue weighted by Gasteiger charge is 2.35. The first-order chi connectivity index (χ1) is 19.5. The molecule has 0 saturated carbocycles. The lowest BCUT2D eigenvalue weighted by Gasteiger charge is -2.34. The van der Waals surface area contributed by atoms with Gasteiger partial charge in [-0.2, -0.15) is 10.4 Å². The second kappa shape index (κ2) is 12.2. The highest BCUT2D eigenvalue weighted by molar-refractivity contribution is 6.05. The molecule has 0 aliphatic carbocycles. The summed E-state index contributed by atoms with van der Waals surface area (Å²) in [6.07, 6.45) is 2.90. The highest BCUT2D eigenvalue weighted by atomic mass is 19.1. The Labute approximate surface area is 234 Å². The number of nitriles is 1. The number of carbonyl (C=O) groups is 1. The minimum absolute atomic E-state index is 0.0378. The average molecular weight is 541 g/mol. The van der Waals surface area contributed by atoms with Crippen molar-refractivity contribution in [2.24, 2.45) is 11.0 Å².